The van der Waals surface area contributed by atoms with Crippen LogP contribution in [0.2, 0.25) is 0 Å². The molecule has 0 unspecified atom stereocenters. The summed E-state index contributed by atoms with van der Waals surface area (Å²) in [5, 5.41) is 2.85. The number of hydrazine groups is 1. The highest BCUT2D eigenvalue weighted by molar-refractivity contribution is 5.98. The number of carbonyl (C=O) groups is 1. The summed E-state index contributed by atoms with van der Waals surface area (Å²) in [7, 11) is 0. The molecule has 94 valence electrons. The Balaban J connectivity index is 2.47. The lowest BCUT2D eigenvalue weighted by Crippen LogP contribution is -2.26. The van der Waals surface area contributed by atoms with Gasteiger partial charge >= 0.3 is 0 Å². The third-order valence-corrected chi connectivity index (χ3v) is 2.43. The molecule has 0 radical (unpaired) electrons. The summed E-state index contributed by atoms with van der Waals surface area (Å²) in [4.78, 5) is 15.8. The van der Waals surface area contributed by atoms with Crippen molar-refractivity contribution in [3.63, 3.8) is 0 Å². The average Bonchev–Trinajstić information content (AvgIpc) is 2.34. The Morgan fingerprint density at radius 1 is 1.53 bits per heavy atom. The summed E-state index contributed by atoms with van der Waals surface area (Å²) >= 11 is 0. The number of nitrogens with one attached hydrogen (secondary N) is 2. The van der Waals surface area contributed by atoms with Crippen LogP contribution in [0.15, 0.2) is 18.3 Å². The standard InChI is InChI=1S/C12H20N4O/c1-9(2)5-3-8-15-12(17)10-6-4-7-14-11(10)16-13/h4,6-7,9H,3,5,8,13H2,1-2H3,(H,14,16)(H,15,17). The lowest BCUT2D eigenvalue weighted by molar-refractivity contribution is 0.0953. The monoisotopic (exact) mass is 236 g/mol. The largest absolute Gasteiger partial charge is 0.352 e. The minimum absolute atomic E-state index is 0.144. The van der Waals surface area contributed by atoms with Gasteiger partial charge in [0.15, 0.2) is 5.82 Å². The summed E-state index contributed by atoms with van der Waals surface area (Å²) in [5.74, 6) is 6.20. The highest BCUT2D eigenvalue weighted by atomic mass is 16.1. The maximum Gasteiger partial charge on any atom is 0.255 e. The second-order valence-electron chi connectivity index (χ2n) is 4.34. The fraction of sp³-hybridized carbons (Fsp3) is 0.500. The van der Waals surface area contributed by atoms with E-state index in [1.165, 1.54) is 0 Å². The van der Waals surface area contributed by atoms with Crippen molar-refractivity contribution in [3.8, 4) is 0 Å². The van der Waals surface area contributed by atoms with Crippen molar-refractivity contribution in [1.29, 1.82) is 0 Å². The van der Waals surface area contributed by atoms with Crippen LogP contribution in [0.3, 0.4) is 0 Å². The highest BCUT2D eigenvalue weighted by Crippen LogP contribution is 2.09. The first-order chi connectivity index (χ1) is 8.15. The molecule has 0 spiro atoms. The molecular weight excluding hydrogens is 216 g/mol. The lowest BCUT2D eigenvalue weighted by atomic mass is 10.1. The number of hydrogen-bond donors (Lipinski definition) is 3. The van der Waals surface area contributed by atoms with Crippen LogP contribution in [-0.2, 0) is 0 Å². The van der Waals surface area contributed by atoms with Crippen LogP contribution >= 0.6 is 0 Å². The predicted octanol–water partition coefficient (Wildman–Crippen LogP) is 1.53. The first-order valence-electron chi connectivity index (χ1n) is 5.85. The summed E-state index contributed by atoms with van der Waals surface area (Å²) < 4.78 is 0. The van der Waals surface area contributed by atoms with E-state index in [1.54, 1.807) is 18.3 Å². The number of anilines is 1. The van der Waals surface area contributed by atoms with E-state index in [0.29, 0.717) is 23.8 Å². The molecule has 0 fully saturated rings. The van der Waals surface area contributed by atoms with Gasteiger partial charge in [0.25, 0.3) is 5.91 Å². The fourth-order valence-electron chi connectivity index (χ4n) is 1.51. The molecule has 0 aliphatic carbocycles. The van der Waals surface area contributed by atoms with Gasteiger partial charge in [0, 0.05) is 12.7 Å². The molecule has 1 amide bonds. The Morgan fingerprint density at radius 3 is 2.94 bits per heavy atom. The quantitative estimate of drug-likeness (QED) is 0.397. The second kappa shape index (κ2) is 6.85. The van der Waals surface area contributed by atoms with Gasteiger partial charge in [0.1, 0.15) is 0 Å². The van der Waals surface area contributed by atoms with Crippen LogP contribution in [0.5, 0.6) is 0 Å². The molecule has 1 heterocycles. The van der Waals surface area contributed by atoms with Gasteiger partial charge in [0.05, 0.1) is 5.56 Å². The third kappa shape index (κ3) is 4.40. The maximum absolute atomic E-state index is 11.8. The first-order valence-corrected chi connectivity index (χ1v) is 5.85. The van der Waals surface area contributed by atoms with Crippen LogP contribution in [-0.4, -0.2) is 17.4 Å². The number of nitrogen functional groups attached to an aromatic ring is 1. The number of amides is 1. The number of nitrogens with zero attached hydrogens (tertiary/aromatic N) is 1. The number of pyridine rings is 1. The summed E-state index contributed by atoms with van der Waals surface area (Å²) in [5.41, 5.74) is 2.88. The van der Waals surface area contributed by atoms with Crippen molar-refractivity contribution in [1.82, 2.24) is 10.3 Å². The zero-order chi connectivity index (χ0) is 12.7. The van der Waals surface area contributed by atoms with Gasteiger partial charge in [-0.05, 0) is 30.9 Å². The van der Waals surface area contributed by atoms with E-state index in [1.807, 2.05) is 0 Å². The maximum atomic E-state index is 11.8. The van der Waals surface area contributed by atoms with Gasteiger partial charge in [-0.15, -0.1) is 0 Å². The van der Waals surface area contributed by atoms with Crippen molar-refractivity contribution in [2.24, 2.45) is 11.8 Å². The Labute approximate surface area is 102 Å². The highest BCUT2D eigenvalue weighted by Gasteiger charge is 2.10. The molecular formula is C12H20N4O. The normalized spacial score (nSPS) is 10.4. The SMILES string of the molecule is CC(C)CCCNC(=O)c1cccnc1NN. The van der Waals surface area contributed by atoms with Gasteiger partial charge in [-0.2, -0.15) is 0 Å². The molecule has 17 heavy (non-hydrogen) atoms. The molecule has 5 nitrogen and oxygen atoms in total. The van der Waals surface area contributed by atoms with Crippen LogP contribution < -0.4 is 16.6 Å². The van der Waals surface area contributed by atoms with Crippen molar-refractivity contribution in [3.05, 3.63) is 23.9 Å². The minimum Gasteiger partial charge on any atom is -0.352 e. The molecule has 5 heteroatoms. The number of hydrogen-bond acceptors (Lipinski definition) is 4. The van der Waals surface area contributed by atoms with Crippen molar-refractivity contribution in [2.75, 3.05) is 12.0 Å². The molecule has 1 aromatic rings. The van der Waals surface area contributed by atoms with Crippen molar-refractivity contribution >= 4 is 11.7 Å². The molecule has 0 atom stereocenters. The molecule has 0 aromatic carbocycles. The Morgan fingerprint density at radius 2 is 2.29 bits per heavy atom. The Kier molecular flexibility index (Phi) is 5.42. The predicted molar refractivity (Wildman–Crippen MR) is 68.5 cm³/mol. The summed E-state index contributed by atoms with van der Waals surface area (Å²) in [6.07, 6.45) is 3.68. The molecule has 0 aliphatic rings. The third-order valence-electron chi connectivity index (χ3n) is 2.43. The van der Waals surface area contributed by atoms with Gasteiger partial charge in [-0.3, -0.25) is 4.79 Å². The van der Waals surface area contributed by atoms with E-state index in [2.05, 4.69) is 29.6 Å². The number of aromatic nitrogens is 1. The van der Waals surface area contributed by atoms with Crippen LogP contribution in [0.4, 0.5) is 5.82 Å². The van der Waals surface area contributed by atoms with E-state index >= 15 is 0 Å². The summed E-state index contributed by atoms with van der Waals surface area (Å²) in [6, 6.07) is 3.41. The lowest BCUT2D eigenvalue weighted by Gasteiger charge is -2.09. The molecule has 4 N–H and O–H groups in total. The second-order valence-corrected chi connectivity index (χ2v) is 4.34. The molecule has 0 aliphatic heterocycles. The van der Waals surface area contributed by atoms with Crippen LogP contribution in [0.25, 0.3) is 0 Å². The van der Waals surface area contributed by atoms with E-state index < -0.39 is 0 Å². The van der Waals surface area contributed by atoms with E-state index in [4.69, 9.17) is 5.84 Å². The van der Waals surface area contributed by atoms with Gasteiger partial charge in [-0.25, -0.2) is 10.8 Å². The molecule has 0 saturated carbocycles. The minimum atomic E-state index is -0.144. The zero-order valence-corrected chi connectivity index (χ0v) is 10.4. The van der Waals surface area contributed by atoms with E-state index in [9.17, 15) is 4.79 Å². The summed E-state index contributed by atoms with van der Waals surface area (Å²) in [6.45, 7) is 5.01. The molecule has 0 bridgehead atoms. The Hall–Kier alpha value is -1.62. The van der Waals surface area contributed by atoms with E-state index in [-0.39, 0.29) is 5.91 Å². The zero-order valence-electron chi connectivity index (χ0n) is 10.4. The van der Waals surface area contributed by atoms with Crippen molar-refractivity contribution in [2.45, 2.75) is 26.7 Å². The molecule has 1 rings (SSSR count). The average molecular weight is 236 g/mol. The van der Waals surface area contributed by atoms with Crippen LogP contribution in [0.1, 0.15) is 37.0 Å². The number of carbonyl (C=O) groups excluding carboxylic acids is 1. The molecule has 0 saturated heterocycles. The first kappa shape index (κ1) is 13.4. The van der Waals surface area contributed by atoms with Crippen molar-refractivity contribution < 1.29 is 4.79 Å². The number of nitrogens with two attached hydrogens (primary N) is 1. The topological polar surface area (TPSA) is 80.0 Å². The fourth-order valence-corrected chi connectivity index (χ4v) is 1.51. The molecule has 1 aromatic heterocycles. The van der Waals surface area contributed by atoms with Gasteiger partial charge in [0.2, 0.25) is 0 Å². The smallest absolute Gasteiger partial charge is 0.255 e. The number of rotatable bonds is 6. The van der Waals surface area contributed by atoms with Gasteiger partial charge < -0.3 is 10.7 Å². The van der Waals surface area contributed by atoms with Crippen LogP contribution in [0, 0.1) is 5.92 Å². The Bertz CT molecular complexity index is 365. The van der Waals surface area contributed by atoms with Gasteiger partial charge in [-0.1, -0.05) is 13.8 Å². The van der Waals surface area contributed by atoms with E-state index in [0.717, 1.165) is 12.8 Å².